The molecule has 0 rings (SSSR count). The summed E-state index contributed by atoms with van der Waals surface area (Å²) in [6.07, 6.45) is -2.33. The van der Waals surface area contributed by atoms with Crippen molar-refractivity contribution in [3.63, 3.8) is 0 Å². The van der Waals surface area contributed by atoms with E-state index >= 15 is 0 Å². The molecule has 0 aliphatic carbocycles. The first-order valence-corrected chi connectivity index (χ1v) is 4.58. The maximum Gasteiger partial charge on any atom is 0.511 e. The maximum atomic E-state index is 10.8. The second-order valence-corrected chi connectivity index (χ2v) is 3.24. The highest BCUT2D eigenvalue weighted by atomic mass is 16.8. The third kappa shape index (κ3) is 8.86. The molecule has 0 saturated heterocycles. The molecule has 0 bridgehead atoms. The Morgan fingerprint density at radius 3 is 1.47 bits per heavy atom. The fourth-order valence-electron chi connectivity index (χ4n) is 0.579. The zero-order valence-corrected chi connectivity index (χ0v) is 9.31. The summed E-state index contributed by atoms with van der Waals surface area (Å²) < 4.78 is 18.1. The van der Waals surface area contributed by atoms with E-state index in [-0.39, 0.29) is 12.2 Å². The van der Waals surface area contributed by atoms with Crippen LogP contribution in [0.25, 0.3) is 0 Å². The van der Waals surface area contributed by atoms with Gasteiger partial charge in [0.05, 0.1) is 12.2 Å². The number of ether oxygens (including phenoxy) is 4. The van der Waals surface area contributed by atoms with Crippen molar-refractivity contribution in [3.8, 4) is 0 Å². The van der Waals surface area contributed by atoms with E-state index in [1.54, 1.807) is 27.7 Å². The molecule has 0 fully saturated rings. The van der Waals surface area contributed by atoms with Crippen molar-refractivity contribution in [1.82, 2.24) is 0 Å². The van der Waals surface area contributed by atoms with Gasteiger partial charge in [0.2, 0.25) is 6.79 Å². The molecule has 15 heavy (non-hydrogen) atoms. The predicted molar refractivity (Wildman–Crippen MR) is 50.3 cm³/mol. The van der Waals surface area contributed by atoms with E-state index < -0.39 is 19.1 Å². The molecule has 0 aromatic rings. The summed E-state index contributed by atoms with van der Waals surface area (Å²) in [6.45, 7) is 6.19. The van der Waals surface area contributed by atoms with Crippen molar-refractivity contribution >= 4 is 12.3 Å². The van der Waals surface area contributed by atoms with Gasteiger partial charge in [0.25, 0.3) is 0 Å². The highest BCUT2D eigenvalue weighted by molar-refractivity contribution is 5.61. The summed E-state index contributed by atoms with van der Waals surface area (Å²) in [7, 11) is 0. The van der Waals surface area contributed by atoms with Crippen LogP contribution in [0.4, 0.5) is 9.59 Å². The van der Waals surface area contributed by atoms with Crippen LogP contribution >= 0.6 is 0 Å². The fourth-order valence-corrected chi connectivity index (χ4v) is 0.579. The Kier molecular flexibility index (Phi) is 6.24. The Bertz CT molecular complexity index is 189. The van der Waals surface area contributed by atoms with Crippen molar-refractivity contribution < 1.29 is 28.5 Å². The van der Waals surface area contributed by atoms with Crippen LogP contribution in [0.2, 0.25) is 0 Å². The molecule has 0 amide bonds. The van der Waals surface area contributed by atoms with Crippen LogP contribution in [0.15, 0.2) is 0 Å². The first kappa shape index (κ1) is 13.5. The Hall–Kier alpha value is -1.46. The Balaban J connectivity index is 3.53. The van der Waals surface area contributed by atoms with Crippen LogP contribution in [0.3, 0.4) is 0 Å². The predicted octanol–water partition coefficient (Wildman–Crippen LogP) is 2.07. The zero-order chi connectivity index (χ0) is 11.8. The monoisotopic (exact) mass is 220 g/mol. The minimum absolute atomic E-state index is 0.278. The average Bonchev–Trinajstić information content (AvgIpc) is 2.00. The lowest BCUT2D eigenvalue weighted by molar-refractivity contribution is -0.0498. The second kappa shape index (κ2) is 6.92. The number of carbonyl (C=O) groups excluding carboxylic acids is 2. The van der Waals surface area contributed by atoms with Crippen molar-refractivity contribution in [2.45, 2.75) is 39.9 Å². The number of rotatable bonds is 4. The van der Waals surface area contributed by atoms with Gasteiger partial charge in [-0.05, 0) is 27.7 Å². The second-order valence-electron chi connectivity index (χ2n) is 3.24. The van der Waals surface area contributed by atoms with Crippen LogP contribution in [-0.2, 0) is 18.9 Å². The van der Waals surface area contributed by atoms with Gasteiger partial charge in [-0.25, -0.2) is 9.59 Å². The van der Waals surface area contributed by atoms with Gasteiger partial charge in [-0.3, -0.25) is 0 Å². The Morgan fingerprint density at radius 1 is 0.867 bits per heavy atom. The molecule has 0 atom stereocenters. The van der Waals surface area contributed by atoms with E-state index in [0.717, 1.165) is 0 Å². The Morgan fingerprint density at radius 2 is 1.20 bits per heavy atom. The van der Waals surface area contributed by atoms with Crippen molar-refractivity contribution in [2.24, 2.45) is 0 Å². The largest absolute Gasteiger partial charge is 0.511 e. The topological polar surface area (TPSA) is 71.1 Å². The molecule has 0 N–H and O–H groups in total. The molecule has 0 saturated carbocycles. The molecule has 0 unspecified atom stereocenters. The van der Waals surface area contributed by atoms with Gasteiger partial charge in [-0.1, -0.05) is 0 Å². The van der Waals surface area contributed by atoms with E-state index in [4.69, 9.17) is 0 Å². The lowest BCUT2D eigenvalue weighted by Gasteiger charge is -2.10. The van der Waals surface area contributed by atoms with Crippen molar-refractivity contribution in [2.75, 3.05) is 6.79 Å². The minimum Gasteiger partial charge on any atom is -0.431 e. The minimum atomic E-state index is -0.887. The molecule has 0 aromatic heterocycles. The molecule has 0 aliphatic rings. The van der Waals surface area contributed by atoms with Crippen LogP contribution < -0.4 is 0 Å². The molecule has 88 valence electrons. The standard InChI is InChI=1S/C9H16O6/c1-6(2)14-8(10)12-5-13-9(11)15-7(3)4/h6-7H,5H2,1-4H3. The van der Waals surface area contributed by atoms with Crippen LogP contribution in [0.1, 0.15) is 27.7 Å². The van der Waals surface area contributed by atoms with Gasteiger partial charge < -0.3 is 18.9 Å². The van der Waals surface area contributed by atoms with E-state index in [1.165, 1.54) is 0 Å². The van der Waals surface area contributed by atoms with Gasteiger partial charge in [0.15, 0.2) is 0 Å². The SMILES string of the molecule is CC(C)OC(=O)OCOC(=O)OC(C)C. The maximum absolute atomic E-state index is 10.8. The van der Waals surface area contributed by atoms with Gasteiger partial charge in [-0.15, -0.1) is 0 Å². The Labute approximate surface area is 88.4 Å². The number of carbonyl (C=O) groups is 2. The molecule has 0 aliphatic heterocycles. The zero-order valence-electron chi connectivity index (χ0n) is 9.31. The summed E-state index contributed by atoms with van der Waals surface area (Å²) in [5, 5.41) is 0. The van der Waals surface area contributed by atoms with Gasteiger partial charge in [0.1, 0.15) is 0 Å². The van der Waals surface area contributed by atoms with Gasteiger partial charge in [0, 0.05) is 0 Å². The quantitative estimate of drug-likeness (QED) is 0.533. The summed E-state index contributed by atoms with van der Waals surface area (Å²) in [6, 6.07) is 0. The number of hydrogen-bond donors (Lipinski definition) is 0. The van der Waals surface area contributed by atoms with E-state index in [1.807, 2.05) is 0 Å². The molecule has 6 nitrogen and oxygen atoms in total. The first-order chi connectivity index (χ1) is 6.91. The van der Waals surface area contributed by atoms with E-state index in [2.05, 4.69) is 18.9 Å². The normalized spacial score (nSPS) is 10.0. The smallest absolute Gasteiger partial charge is 0.431 e. The first-order valence-electron chi connectivity index (χ1n) is 4.58. The van der Waals surface area contributed by atoms with E-state index in [0.29, 0.717) is 0 Å². The summed E-state index contributed by atoms with van der Waals surface area (Å²) in [5.41, 5.74) is 0. The molecule has 0 radical (unpaired) electrons. The van der Waals surface area contributed by atoms with Crippen LogP contribution in [0, 0.1) is 0 Å². The van der Waals surface area contributed by atoms with Crippen molar-refractivity contribution in [3.05, 3.63) is 0 Å². The summed E-state index contributed by atoms with van der Waals surface area (Å²) >= 11 is 0. The third-order valence-electron chi connectivity index (χ3n) is 1.02. The van der Waals surface area contributed by atoms with Crippen molar-refractivity contribution in [1.29, 1.82) is 0 Å². The summed E-state index contributed by atoms with van der Waals surface area (Å²) in [4.78, 5) is 21.6. The van der Waals surface area contributed by atoms with Gasteiger partial charge in [-0.2, -0.15) is 0 Å². The van der Waals surface area contributed by atoms with E-state index in [9.17, 15) is 9.59 Å². The molecule has 0 heterocycles. The van der Waals surface area contributed by atoms with Crippen LogP contribution in [-0.4, -0.2) is 31.3 Å². The highest BCUT2D eigenvalue weighted by Gasteiger charge is 2.10. The lowest BCUT2D eigenvalue weighted by atomic mass is 10.5. The molecule has 0 spiro atoms. The highest BCUT2D eigenvalue weighted by Crippen LogP contribution is 1.95. The average molecular weight is 220 g/mol. The summed E-state index contributed by atoms with van der Waals surface area (Å²) in [5.74, 6) is 0. The number of hydrogen-bond acceptors (Lipinski definition) is 6. The molecular weight excluding hydrogens is 204 g/mol. The third-order valence-corrected chi connectivity index (χ3v) is 1.02. The lowest BCUT2D eigenvalue weighted by Crippen LogP contribution is -2.18. The fraction of sp³-hybridized carbons (Fsp3) is 0.778. The van der Waals surface area contributed by atoms with Crippen LogP contribution in [0.5, 0.6) is 0 Å². The van der Waals surface area contributed by atoms with Gasteiger partial charge >= 0.3 is 12.3 Å². The molecule has 0 aromatic carbocycles. The molecule has 6 heteroatoms. The molecular formula is C9H16O6.